The van der Waals surface area contributed by atoms with E-state index in [4.69, 9.17) is 0 Å². The van der Waals surface area contributed by atoms with Crippen LogP contribution in [0.25, 0.3) is 16.7 Å². The molecule has 16 nitrogen and oxygen atoms in total. The first kappa shape index (κ1) is 43.7. The van der Waals surface area contributed by atoms with Crippen LogP contribution in [0.1, 0.15) is 79.3 Å². The summed E-state index contributed by atoms with van der Waals surface area (Å²) in [5.74, 6) is -3.15. The van der Waals surface area contributed by atoms with Crippen molar-refractivity contribution in [2.24, 2.45) is 0 Å². The summed E-state index contributed by atoms with van der Waals surface area (Å²) in [6.45, 7) is 5.37. The van der Waals surface area contributed by atoms with Crippen LogP contribution in [0.2, 0.25) is 0 Å². The molecule has 332 valence electrons. The largest absolute Gasteiger partial charge is 0.390 e. The van der Waals surface area contributed by atoms with E-state index >= 15 is 8.78 Å². The molecule has 0 spiro atoms. The van der Waals surface area contributed by atoms with Gasteiger partial charge in [-0.1, -0.05) is 19.1 Å². The van der Waals surface area contributed by atoms with Crippen molar-refractivity contribution in [2.45, 2.75) is 69.4 Å². The lowest BCUT2D eigenvalue weighted by Gasteiger charge is -2.39. The number of carbonyl (C=O) groups is 3. The maximum absolute atomic E-state index is 15.7. The van der Waals surface area contributed by atoms with E-state index in [0.717, 1.165) is 67.4 Å². The number of amides is 2. The van der Waals surface area contributed by atoms with Gasteiger partial charge in [-0.15, -0.1) is 0 Å². The molecule has 0 radical (unpaired) electrons. The van der Waals surface area contributed by atoms with Gasteiger partial charge in [-0.25, -0.2) is 23.7 Å². The van der Waals surface area contributed by atoms with Gasteiger partial charge in [0.2, 0.25) is 23.5 Å². The lowest BCUT2D eigenvalue weighted by atomic mass is 9.74. The van der Waals surface area contributed by atoms with Crippen molar-refractivity contribution in [1.82, 2.24) is 34.0 Å². The van der Waals surface area contributed by atoms with Crippen molar-refractivity contribution in [2.75, 3.05) is 61.3 Å². The number of hydrogen-bond donors (Lipinski definition) is 4. The number of rotatable bonds is 14. The molecule has 2 aromatic carbocycles. The van der Waals surface area contributed by atoms with Gasteiger partial charge in [-0.2, -0.15) is 12.7 Å². The number of carbonyl (C=O) groups excluding carboxylic acids is 3. The van der Waals surface area contributed by atoms with Crippen molar-refractivity contribution in [3.8, 4) is 5.69 Å². The lowest BCUT2D eigenvalue weighted by molar-refractivity contribution is -0.133. The van der Waals surface area contributed by atoms with Gasteiger partial charge in [0.05, 0.1) is 40.5 Å². The number of fused-ring (bicyclic) bond motifs is 1. The highest BCUT2D eigenvalue weighted by atomic mass is 32.2. The van der Waals surface area contributed by atoms with Crippen LogP contribution in [0.4, 0.5) is 26.1 Å². The maximum atomic E-state index is 15.7. The second kappa shape index (κ2) is 18.1. The number of piperidine rings is 1. The smallest absolute Gasteiger partial charge is 0.301 e. The van der Waals surface area contributed by atoms with Gasteiger partial charge in [0.1, 0.15) is 17.5 Å². The molecule has 3 aromatic heterocycles. The first-order chi connectivity index (χ1) is 30.2. The molecule has 3 fully saturated rings. The molecule has 5 aromatic rings. The normalized spacial score (nSPS) is 21.1. The number of aromatic nitrogens is 4. The van der Waals surface area contributed by atoms with Crippen LogP contribution in [0, 0.1) is 11.6 Å². The average molecular weight is 885 g/mol. The van der Waals surface area contributed by atoms with Gasteiger partial charge < -0.3 is 15.3 Å². The van der Waals surface area contributed by atoms with Gasteiger partial charge in [0.15, 0.2) is 5.82 Å². The summed E-state index contributed by atoms with van der Waals surface area (Å²) in [6.07, 6.45) is 10.8. The lowest BCUT2D eigenvalue weighted by Crippen LogP contribution is -2.48. The summed E-state index contributed by atoms with van der Waals surface area (Å²) in [6, 6.07) is 12.7. The standard InChI is InChI=1S/C44H50F2N10O6S/c1-3-53(2)63(61,62)52-35-11-10-34(45)38(39(35)46)40(58)33-27-56(41-32(33)5-4-19-47-41)31-25-48-43(49-26-31)55-23-21-54(22-24-55)20-18-44(60)16-14-29(15-17-44)28-6-8-30(9-7-28)50-36-12-13-37(57)51-42(36)59/h4-11,19,25-27,29,36,50,52,60H,3,12-18,20-24H2,1-2H3,(H,51,57,59). The van der Waals surface area contributed by atoms with E-state index in [2.05, 4.69) is 52.2 Å². The molecular formula is C44H50F2N10O6S. The Morgan fingerprint density at radius 3 is 2.38 bits per heavy atom. The Morgan fingerprint density at radius 1 is 0.984 bits per heavy atom. The molecule has 2 amide bonds. The van der Waals surface area contributed by atoms with E-state index in [9.17, 15) is 27.9 Å². The Bertz CT molecular complexity index is 2610. The third kappa shape index (κ3) is 9.41. The number of anilines is 3. The van der Waals surface area contributed by atoms with Crippen molar-refractivity contribution in [3.05, 3.63) is 102 Å². The van der Waals surface area contributed by atoms with Gasteiger partial charge in [-0.3, -0.25) is 33.9 Å². The van der Waals surface area contributed by atoms with Crippen LogP contribution in [0.15, 0.2) is 73.3 Å². The molecule has 8 rings (SSSR count). The molecule has 19 heteroatoms. The number of piperazine rings is 1. The first-order valence-electron chi connectivity index (χ1n) is 21.2. The first-order valence-corrected chi connectivity index (χ1v) is 22.6. The number of hydrogen-bond acceptors (Lipinski definition) is 12. The Hall–Kier alpha value is -5.89. The van der Waals surface area contributed by atoms with E-state index in [1.807, 2.05) is 12.1 Å². The average Bonchev–Trinajstić information content (AvgIpc) is 3.68. The van der Waals surface area contributed by atoms with Crippen molar-refractivity contribution in [3.63, 3.8) is 0 Å². The van der Waals surface area contributed by atoms with Crippen LogP contribution < -0.4 is 20.3 Å². The molecule has 2 aliphatic heterocycles. The van der Waals surface area contributed by atoms with E-state index in [1.54, 1.807) is 36.0 Å². The molecule has 3 aliphatic rings. The minimum absolute atomic E-state index is 0.0487. The topological polar surface area (TPSA) is 195 Å². The fraction of sp³-hybridized carbons (Fsp3) is 0.409. The molecule has 5 heterocycles. The van der Waals surface area contributed by atoms with Crippen molar-refractivity contribution in [1.29, 1.82) is 0 Å². The highest BCUT2D eigenvalue weighted by molar-refractivity contribution is 7.90. The molecule has 1 aliphatic carbocycles. The molecule has 1 saturated carbocycles. The number of aliphatic hydroxyl groups is 1. The molecule has 63 heavy (non-hydrogen) atoms. The summed E-state index contributed by atoms with van der Waals surface area (Å²) < 4.78 is 60.7. The summed E-state index contributed by atoms with van der Waals surface area (Å²) in [5, 5.41) is 17.5. The predicted octanol–water partition coefficient (Wildman–Crippen LogP) is 4.75. The zero-order valence-corrected chi connectivity index (χ0v) is 35.9. The Morgan fingerprint density at radius 2 is 1.70 bits per heavy atom. The number of nitrogens with zero attached hydrogens (tertiary/aromatic N) is 7. The van der Waals surface area contributed by atoms with E-state index in [-0.39, 0.29) is 23.9 Å². The molecular weight excluding hydrogens is 835 g/mol. The molecule has 2 saturated heterocycles. The van der Waals surface area contributed by atoms with Crippen molar-refractivity contribution < 1.29 is 36.7 Å². The Kier molecular flexibility index (Phi) is 12.5. The number of ketones is 1. The Balaban J connectivity index is 0.851. The number of nitrogens with one attached hydrogen (secondary N) is 3. The van der Waals surface area contributed by atoms with Gasteiger partial charge >= 0.3 is 10.2 Å². The maximum Gasteiger partial charge on any atom is 0.301 e. The summed E-state index contributed by atoms with van der Waals surface area (Å²) in [7, 11) is -2.86. The summed E-state index contributed by atoms with van der Waals surface area (Å²) >= 11 is 0. The number of halogens is 2. The van der Waals surface area contributed by atoms with Crippen LogP contribution >= 0.6 is 0 Å². The second-order valence-corrected chi connectivity index (χ2v) is 18.3. The van der Waals surface area contributed by atoms with Gasteiger partial charge in [-0.05, 0) is 86.4 Å². The van der Waals surface area contributed by atoms with E-state index in [0.29, 0.717) is 60.9 Å². The quantitative estimate of drug-likeness (QED) is 0.0885. The monoisotopic (exact) mass is 884 g/mol. The van der Waals surface area contributed by atoms with Gasteiger partial charge in [0.25, 0.3) is 0 Å². The van der Waals surface area contributed by atoms with Crippen LogP contribution in [0.3, 0.4) is 0 Å². The number of pyridine rings is 1. The van der Waals surface area contributed by atoms with E-state index < -0.39 is 50.5 Å². The van der Waals surface area contributed by atoms with Gasteiger partial charge in [0, 0.05) is 76.2 Å². The molecule has 1 atom stereocenters. The van der Waals surface area contributed by atoms with Crippen LogP contribution in [-0.2, 0) is 19.8 Å². The third-order valence-electron chi connectivity index (χ3n) is 12.6. The highest BCUT2D eigenvalue weighted by Gasteiger charge is 2.35. The second-order valence-electron chi connectivity index (χ2n) is 16.5. The predicted molar refractivity (Wildman–Crippen MR) is 233 cm³/mol. The number of benzene rings is 2. The minimum Gasteiger partial charge on any atom is -0.390 e. The third-order valence-corrected chi connectivity index (χ3v) is 14.1. The highest BCUT2D eigenvalue weighted by Crippen LogP contribution is 2.40. The molecule has 1 unspecified atom stereocenters. The number of imide groups is 1. The molecule has 0 bridgehead atoms. The minimum atomic E-state index is -4.16. The van der Waals surface area contributed by atoms with Crippen LogP contribution in [-0.4, -0.2) is 118 Å². The Labute approximate surface area is 363 Å². The fourth-order valence-corrected chi connectivity index (χ4v) is 9.49. The zero-order chi connectivity index (χ0) is 44.5. The molecule has 4 N–H and O–H groups in total. The summed E-state index contributed by atoms with van der Waals surface area (Å²) in [4.78, 5) is 55.5. The zero-order valence-electron chi connectivity index (χ0n) is 35.1. The van der Waals surface area contributed by atoms with Crippen molar-refractivity contribution >= 4 is 56.2 Å². The fourth-order valence-electron chi connectivity index (χ4n) is 8.56. The summed E-state index contributed by atoms with van der Waals surface area (Å²) in [5.41, 5.74) is 0.604. The van der Waals surface area contributed by atoms with E-state index in [1.165, 1.54) is 25.0 Å². The SMILES string of the molecule is CCN(C)S(=O)(=O)Nc1ccc(F)c(C(=O)c2cn(-c3cnc(N4CCN(CCC5(O)CCC(c6ccc(NC7CCC(=O)NC7=O)cc6)CC5)CC4)nc3)c3ncccc23)c1F. The van der Waals surface area contributed by atoms with Crippen LogP contribution in [0.5, 0.6) is 0 Å².